The Bertz CT molecular complexity index is 303. The number of rotatable bonds is 6. The first-order valence-corrected chi connectivity index (χ1v) is 4.36. The molecule has 0 aromatic heterocycles. The third-order valence-electron chi connectivity index (χ3n) is 1.75. The summed E-state index contributed by atoms with van der Waals surface area (Å²) in [6, 6.07) is 0. The highest BCUT2D eigenvalue weighted by molar-refractivity contribution is 5.50. The Balaban J connectivity index is 4.67. The predicted octanol–water partition coefficient (Wildman–Crippen LogP) is 2.91. The highest BCUT2D eigenvalue weighted by Crippen LogP contribution is 2.16. The molecule has 0 fully saturated rings. The largest absolute Gasteiger partial charge is 0.326 e. The van der Waals surface area contributed by atoms with Gasteiger partial charge in [0.05, 0.1) is 0 Å². The SMILES string of the molecule is C=C/C=C\C(=C)C(=C)/C(=C\C=C)CN. The van der Waals surface area contributed by atoms with E-state index in [2.05, 4.69) is 26.3 Å². The van der Waals surface area contributed by atoms with E-state index in [0.29, 0.717) is 6.54 Å². The van der Waals surface area contributed by atoms with Gasteiger partial charge in [-0.1, -0.05) is 56.7 Å². The first-order valence-electron chi connectivity index (χ1n) is 4.36. The summed E-state index contributed by atoms with van der Waals surface area (Å²) in [4.78, 5) is 0. The smallest absolute Gasteiger partial charge is 0.0184 e. The number of allylic oxidation sites excluding steroid dienone is 6. The summed E-state index contributed by atoms with van der Waals surface area (Å²) in [6.45, 7) is 15.4. The minimum absolute atomic E-state index is 0.436. The van der Waals surface area contributed by atoms with E-state index in [0.717, 1.165) is 16.7 Å². The molecule has 0 aromatic carbocycles. The fourth-order valence-electron chi connectivity index (χ4n) is 0.925. The molecule has 0 aliphatic heterocycles. The monoisotopic (exact) mass is 187 g/mol. The fourth-order valence-corrected chi connectivity index (χ4v) is 0.925. The molecule has 0 unspecified atom stereocenters. The third kappa shape index (κ3) is 3.87. The summed E-state index contributed by atoms with van der Waals surface area (Å²) in [5, 5.41) is 0. The number of nitrogens with two attached hydrogens (primary N) is 1. The van der Waals surface area contributed by atoms with Crippen molar-refractivity contribution in [2.75, 3.05) is 6.54 Å². The summed E-state index contributed by atoms with van der Waals surface area (Å²) in [7, 11) is 0. The Labute approximate surface area is 86.3 Å². The van der Waals surface area contributed by atoms with Crippen molar-refractivity contribution in [2.24, 2.45) is 5.73 Å². The quantitative estimate of drug-likeness (QED) is 0.636. The molecular weight excluding hydrogens is 170 g/mol. The Hall–Kier alpha value is -1.60. The first-order chi connectivity index (χ1) is 6.67. The van der Waals surface area contributed by atoms with Crippen molar-refractivity contribution in [3.05, 3.63) is 73.4 Å². The summed E-state index contributed by atoms with van der Waals surface area (Å²) in [5.41, 5.74) is 8.18. The van der Waals surface area contributed by atoms with Crippen molar-refractivity contribution < 1.29 is 0 Å². The van der Waals surface area contributed by atoms with Crippen LogP contribution in [0.4, 0.5) is 0 Å². The second-order valence-electron chi connectivity index (χ2n) is 2.73. The van der Waals surface area contributed by atoms with E-state index in [4.69, 9.17) is 5.73 Å². The van der Waals surface area contributed by atoms with Gasteiger partial charge in [0.25, 0.3) is 0 Å². The lowest BCUT2D eigenvalue weighted by Crippen LogP contribution is -2.05. The lowest BCUT2D eigenvalue weighted by Gasteiger charge is -2.07. The van der Waals surface area contributed by atoms with Crippen LogP contribution in [0, 0.1) is 0 Å². The lowest BCUT2D eigenvalue weighted by molar-refractivity contribution is 1.16. The average Bonchev–Trinajstić information content (AvgIpc) is 2.21. The standard InChI is InChI=1S/C13H17N/c1-5-7-9-11(3)12(4)13(10-14)8-6-2/h5-9H,1-4,10,14H2/b9-7-,13-8-. The van der Waals surface area contributed by atoms with Crippen LogP contribution in [0.1, 0.15) is 0 Å². The summed E-state index contributed by atoms with van der Waals surface area (Å²) >= 11 is 0. The van der Waals surface area contributed by atoms with E-state index in [9.17, 15) is 0 Å². The van der Waals surface area contributed by atoms with Crippen LogP contribution in [0.3, 0.4) is 0 Å². The molecule has 14 heavy (non-hydrogen) atoms. The minimum atomic E-state index is 0.436. The molecule has 0 bridgehead atoms. The van der Waals surface area contributed by atoms with Crippen LogP contribution in [-0.4, -0.2) is 6.54 Å². The maximum absolute atomic E-state index is 5.56. The number of hydrogen-bond donors (Lipinski definition) is 1. The molecule has 0 rings (SSSR count). The van der Waals surface area contributed by atoms with Crippen molar-refractivity contribution in [1.29, 1.82) is 0 Å². The lowest BCUT2D eigenvalue weighted by atomic mass is 10.00. The zero-order chi connectivity index (χ0) is 11.0. The van der Waals surface area contributed by atoms with Crippen LogP contribution in [0.5, 0.6) is 0 Å². The van der Waals surface area contributed by atoms with E-state index >= 15 is 0 Å². The predicted molar refractivity (Wildman–Crippen MR) is 65.0 cm³/mol. The molecule has 74 valence electrons. The second kappa shape index (κ2) is 6.87. The molecule has 0 aromatic rings. The molecule has 0 amide bonds. The van der Waals surface area contributed by atoms with E-state index in [-0.39, 0.29) is 0 Å². The van der Waals surface area contributed by atoms with Gasteiger partial charge in [-0.2, -0.15) is 0 Å². The maximum atomic E-state index is 5.56. The van der Waals surface area contributed by atoms with Crippen LogP contribution in [-0.2, 0) is 0 Å². The van der Waals surface area contributed by atoms with Gasteiger partial charge >= 0.3 is 0 Å². The molecule has 1 heteroatoms. The first kappa shape index (κ1) is 12.4. The topological polar surface area (TPSA) is 26.0 Å². The highest BCUT2D eigenvalue weighted by atomic mass is 14.5. The van der Waals surface area contributed by atoms with Crippen LogP contribution >= 0.6 is 0 Å². The van der Waals surface area contributed by atoms with Crippen molar-refractivity contribution in [1.82, 2.24) is 0 Å². The van der Waals surface area contributed by atoms with Crippen LogP contribution in [0.15, 0.2) is 73.4 Å². The molecule has 0 heterocycles. The molecule has 0 radical (unpaired) electrons. The molecular formula is C13H17N. The fraction of sp³-hybridized carbons (Fsp3) is 0.0769. The van der Waals surface area contributed by atoms with Crippen molar-refractivity contribution in [2.45, 2.75) is 0 Å². The zero-order valence-electron chi connectivity index (χ0n) is 8.50. The normalized spacial score (nSPS) is 11.4. The van der Waals surface area contributed by atoms with E-state index in [1.807, 2.05) is 18.2 Å². The Morgan fingerprint density at radius 3 is 2.21 bits per heavy atom. The third-order valence-corrected chi connectivity index (χ3v) is 1.75. The molecule has 0 saturated carbocycles. The second-order valence-corrected chi connectivity index (χ2v) is 2.73. The average molecular weight is 187 g/mol. The molecule has 0 spiro atoms. The molecule has 0 aliphatic carbocycles. The van der Waals surface area contributed by atoms with Crippen molar-refractivity contribution in [3.63, 3.8) is 0 Å². The van der Waals surface area contributed by atoms with Crippen LogP contribution < -0.4 is 5.73 Å². The van der Waals surface area contributed by atoms with Gasteiger partial charge in [-0.15, -0.1) is 0 Å². The van der Waals surface area contributed by atoms with Crippen LogP contribution in [0.2, 0.25) is 0 Å². The summed E-state index contributed by atoms with van der Waals surface area (Å²) in [5.74, 6) is 0. The van der Waals surface area contributed by atoms with E-state index < -0.39 is 0 Å². The molecule has 0 saturated heterocycles. The van der Waals surface area contributed by atoms with E-state index in [1.54, 1.807) is 12.2 Å². The zero-order valence-corrected chi connectivity index (χ0v) is 8.50. The molecule has 0 atom stereocenters. The van der Waals surface area contributed by atoms with Gasteiger partial charge in [0.2, 0.25) is 0 Å². The van der Waals surface area contributed by atoms with Gasteiger partial charge in [0.15, 0.2) is 0 Å². The van der Waals surface area contributed by atoms with E-state index in [1.165, 1.54) is 0 Å². The number of hydrogen-bond acceptors (Lipinski definition) is 1. The molecule has 2 N–H and O–H groups in total. The van der Waals surface area contributed by atoms with Crippen LogP contribution in [0.25, 0.3) is 0 Å². The van der Waals surface area contributed by atoms with Gasteiger partial charge in [-0.25, -0.2) is 0 Å². The Morgan fingerprint density at radius 2 is 1.79 bits per heavy atom. The van der Waals surface area contributed by atoms with Gasteiger partial charge in [-0.3, -0.25) is 0 Å². The van der Waals surface area contributed by atoms with Gasteiger partial charge in [-0.05, 0) is 16.7 Å². The Kier molecular flexibility index (Phi) is 6.08. The molecule has 0 aliphatic rings. The van der Waals surface area contributed by atoms with Crippen molar-refractivity contribution >= 4 is 0 Å². The summed E-state index contributed by atoms with van der Waals surface area (Å²) in [6.07, 6.45) is 8.89. The molecule has 1 nitrogen and oxygen atoms in total. The summed E-state index contributed by atoms with van der Waals surface area (Å²) < 4.78 is 0. The minimum Gasteiger partial charge on any atom is -0.326 e. The highest BCUT2D eigenvalue weighted by Gasteiger charge is 2.01. The maximum Gasteiger partial charge on any atom is 0.0184 e. The van der Waals surface area contributed by atoms with Crippen molar-refractivity contribution in [3.8, 4) is 0 Å². The van der Waals surface area contributed by atoms with Gasteiger partial charge < -0.3 is 5.73 Å². The van der Waals surface area contributed by atoms with Gasteiger partial charge in [0.1, 0.15) is 0 Å². The Morgan fingerprint density at radius 1 is 1.14 bits per heavy atom. The van der Waals surface area contributed by atoms with Gasteiger partial charge in [0, 0.05) is 6.54 Å².